The van der Waals surface area contributed by atoms with E-state index >= 15 is 0 Å². The van der Waals surface area contributed by atoms with Crippen molar-refractivity contribution in [3.05, 3.63) is 41.7 Å². The quantitative estimate of drug-likeness (QED) is 0.548. The van der Waals surface area contributed by atoms with Crippen LogP contribution in [0.5, 0.6) is 0 Å². The summed E-state index contributed by atoms with van der Waals surface area (Å²) in [6.07, 6.45) is 8.92. The maximum Gasteiger partial charge on any atom is 0.222 e. The molecule has 1 saturated heterocycles. The Morgan fingerprint density at radius 2 is 2.00 bits per heavy atom. The summed E-state index contributed by atoms with van der Waals surface area (Å²) in [5.74, 6) is 1.02. The number of nitrogens with zero attached hydrogens (tertiary/aromatic N) is 4. The average Bonchev–Trinajstić information content (AvgIpc) is 3.34. The normalized spacial score (nSPS) is 18.0. The minimum atomic E-state index is -0.401. The lowest BCUT2D eigenvalue weighted by molar-refractivity contribution is -0.129. The van der Waals surface area contributed by atoms with Gasteiger partial charge in [0.25, 0.3) is 0 Å². The van der Waals surface area contributed by atoms with Crippen molar-refractivity contribution in [1.29, 1.82) is 0 Å². The zero-order valence-corrected chi connectivity index (χ0v) is 16.5. The lowest BCUT2D eigenvalue weighted by Crippen LogP contribution is -2.35. The van der Waals surface area contributed by atoms with E-state index in [4.69, 9.17) is 0 Å². The number of benzene rings is 1. The minimum absolute atomic E-state index is 0.244. The minimum Gasteiger partial charge on any atom is -0.393 e. The van der Waals surface area contributed by atoms with Gasteiger partial charge in [-0.05, 0) is 37.7 Å². The molecule has 2 aromatic rings. The molecule has 1 aliphatic rings. The molecule has 0 radical (unpaired) electrons. The number of nitrogens with one attached hydrogen (secondary N) is 1. The smallest absolute Gasteiger partial charge is 0.222 e. The maximum atomic E-state index is 12.2. The Kier molecular flexibility index (Phi) is 7.96. The third-order valence-electron chi connectivity index (χ3n) is 5.55. The molecule has 1 aromatic heterocycles. The molecule has 3 rings (SSSR count). The zero-order chi connectivity index (χ0) is 19.6. The van der Waals surface area contributed by atoms with Gasteiger partial charge >= 0.3 is 0 Å². The van der Waals surface area contributed by atoms with Crippen LogP contribution in [0.25, 0.3) is 0 Å². The van der Waals surface area contributed by atoms with Gasteiger partial charge < -0.3 is 10.0 Å². The molecule has 28 heavy (non-hydrogen) atoms. The van der Waals surface area contributed by atoms with Gasteiger partial charge in [0.1, 0.15) is 0 Å². The fraction of sp³-hybridized carbons (Fsp3) is 0.619. The van der Waals surface area contributed by atoms with E-state index in [1.54, 1.807) is 0 Å². The molecule has 7 heteroatoms. The van der Waals surface area contributed by atoms with Crippen LogP contribution >= 0.6 is 0 Å². The molecule has 0 unspecified atom stereocenters. The number of amides is 1. The Morgan fingerprint density at radius 1 is 1.18 bits per heavy atom. The van der Waals surface area contributed by atoms with Gasteiger partial charge in [0.15, 0.2) is 5.82 Å². The van der Waals surface area contributed by atoms with Crippen molar-refractivity contribution in [2.75, 3.05) is 6.54 Å². The zero-order valence-electron chi connectivity index (χ0n) is 16.5. The number of aliphatic hydroxyl groups is 1. The van der Waals surface area contributed by atoms with Gasteiger partial charge in [-0.25, -0.2) is 0 Å². The van der Waals surface area contributed by atoms with Gasteiger partial charge in [0, 0.05) is 25.4 Å². The van der Waals surface area contributed by atoms with Crippen molar-refractivity contribution < 1.29 is 9.90 Å². The second kappa shape index (κ2) is 10.9. The van der Waals surface area contributed by atoms with Crippen molar-refractivity contribution in [3.63, 3.8) is 0 Å². The van der Waals surface area contributed by atoms with Crippen LogP contribution in [-0.2, 0) is 17.6 Å². The van der Waals surface area contributed by atoms with Crippen molar-refractivity contribution in [3.8, 4) is 0 Å². The van der Waals surface area contributed by atoms with Gasteiger partial charge in [-0.3, -0.25) is 4.79 Å². The highest BCUT2D eigenvalue weighted by Gasteiger charge is 2.30. The largest absolute Gasteiger partial charge is 0.393 e. The maximum absolute atomic E-state index is 12.2. The number of H-pyrrole nitrogens is 1. The molecule has 1 aliphatic heterocycles. The fourth-order valence-corrected chi connectivity index (χ4v) is 3.98. The number of aliphatic hydroxyl groups excluding tert-OH is 1. The average molecular weight is 386 g/mol. The van der Waals surface area contributed by atoms with Crippen molar-refractivity contribution >= 4 is 5.91 Å². The number of tetrazole rings is 1. The van der Waals surface area contributed by atoms with E-state index in [-0.39, 0.29) is 5.91 Å². The Bertz CT molecular complexity index is 692. The molecule has 1 fully saturated rings. The summed E-state index contributed by atoms with van der Waals surface area (Å²) < 4.78 is 0. The van der Waals surface area contributed by atoms with Crippen LogP contribution in [0.15, 0.2) is 30.3 Å². The van der Waals surface area contributed by atoms with Gasteiger partial charge in [0.2, 0.25) is 5.91 Å². The summed E-state index contributed by atoms with van der Waals surface area (Å²) in [5.41, 5.74) is 1.14. The lowest BCUT2D eigenvalue weighted by Gasteiger charge is -2.26. The third kappa shape index (κ3) is 6.41. The Hall–Kier alpha value is -2.28. The van der Waals surface area contributed by atoms with Crippen LogP contribution in [0, 0.1) is 0 Å². The molecule has 2 N–H and O–H groups in total. The number of aromatic amines is 1. The predicted molar refractivity (Wildman–Crippen MR) is 106 cm³/mol. The van der Waals surface area contributed by atoms with Crippen molar-refractivity contribution in [2.24, 2.45) is 0 Å². The second-order valence-corrected chi connectivity index (χ2v) is 7.69. The molecule has 7 nitrogen and oxygen atoms in total. The van der Waals surface area contributed by atoms with Crippen LogP contribution in [0.4, 0.5) is 0 Å². The van der Waals surface area contributed by atoms with E-state index < -0.39 is 6.10 Å². The number of likely N-dealkylation sites (tertiary alicyclic amines) is 1. The first-order chi connectivity index (χ1) is 13.7. The number of hydrogen-bond donors (Lipinski definition) is 2. The first kappa shape index (κ1) is 20.5. The van der Waals surface area contributed by atoms with Crippen LogP contribution in [-0.4, -0.2) is 55.2 Å². The summed E-state index contributed by atoms with van der Waals surface area (Å²) in [5, 5.41) is 24.3. The number of unbranched alkanes of at least 4 members (excludes halogenated alkanes) is 3. The summed E-state index contributed by atoms with van der Waals surface area (Å²) in [7, 11) is 0. The number of rotatable bonds is 12. The highest BCUT2D eigenvalue weighted by molar-refractivity contribution is 5.78. The van der Waals surface area contributed by atoms with Gasteiger partial charge in [-0.15, -0.1) is 10.2 Å². The summed E-state index contributed by atoms with van der Waals surface area (Å²) in [6, 6.07) is 10.4. The first-order valence-electron chi connectivity index (χ1n) is 10.5. The van der Waals surface area contributed by atoms with Gasteiger partial charge in [-0.1, -0.05) is 54.8 Å². The third-order valence-corrected chi connectivity index (χ3v) is 5.55. The number of aryl methyl sites for hydroxylation is 1. The molecule has 0 spiro atoms. The van der Waals surface area contributed by atoms with E-state index in [0.717, 1.165) is 56.3 Å². The molecule has 0 saturated carbocycles. The highest BCUT2D eigenvalue weighted by Crippen LogP contribution is 2.24. The standard InChI is InChI=1S/C21H31N5O2/c27-19(16-17-8-4-3-5-9-17)14-15-26-18(12-13-21(26)28)10-6-1-2-7-11-20-22-24-25-23-20/h3-5,8-9,18-19,27H,1-2,6-7,10-16H2,(H,22,23,24,25)/t18-,19-/m0/s1. The Labute approximate surface area is 166 Å². The van der Waals surface area contributed by atoms with Crippen molar-refractivity contribution in [2.45, 2.75) is 76.4 Å². The van der Waals surface area contributed by atoms with Crippen molar-refractivity contribution in [1.82, 2.24) is 25.5 Å². The number of carbonyl (C=O) groups is 1. The summed E-state index contributed by atoms with van der Waals surface area (Å²) >= 11 is 0. The molecule has 1 amide bonds. The highest BCUT2D eigenvalue weighted by atomic mass is 16.3. The fourth-order valence-electron chi connectivity index (χ4n) is 3.98. The van der Waals surface area contributed by atoms with E-state index in [0.29, 0.717) is 31.8 Å². The molecule has 0 bridgehead atoms. The van der Waals surface area contributed by atoms with Crippen LogP contribution in [0.2, 0.25) is 0 Å². The van der Waals surface area contributed by atoms with E-state index in [2.05, 4.69) is 20.6 Å². The molecule has 2 atom stereocenters. The molecule has 2 heterocycles. The van der Waals surface area contributed by atoms with E-state index in [1.807, 2.05) is 35.2 Å². The number of carbonyl (C=O) groups excluding carboxylic acids is 1. The molecular weight excluding hydrogens is 354 g/mol. The number of hydrogen-bond acceptors (Lipinski definition) is 5. The molecule has 152 valence electrons. The molecule has 1 aromatic carbocycles. The lowest BCUT2D eigenvalue weighted by atomic mass is 10.0. The van der Waals surface area contributed by atoms with Gasteiger partial charge in [0.05, 0.1) is 6.10 Å². The molecule has 0 aliphatic carbocycles. The SMILES string of the molecule is O=C1CC[C@H](CCCCCCc2nn[nH]n2)N1CC[C@H](O)Cc1ccccc1. The Balaban J connectivity index is 1.32. The second-order valence-electron chi connectivity index (χ2n) is 7.69. The van der Waals surface area contributed by atoms with Gasteiger partial charge in [-0.2, -0.15) is 5.21 Å². The van der Waals surface area contributed by atoms with Crippen LogP contribution < -0.4 is 0 Å². The first-order valence-corrected chi connectivity index (χ1v) is 10.5. The monoisotopic (exact) mass is 385 g/mol. The van der Waals surface area contributed by atoms with Crippen LogP contribution in [0.1, 0.15) is 62.8 Å². The predicted octanol–water partition coefficient (Wildman–Crippen LogP) is 2.68. The van der Waals surface area contributed by atoms with E-state index in [1.165, 1.54) is 0 Å². The molecular formula is C21H31N5O2. The summed E-state index contributed by atoms with van der Waals surface area (Å²) in [6.45, 7) is 0.662. The Morgan fingerprint density at radius 3 is 2.79 bits per heavy atom. The van der Waals surface area contributed by atoms with Crippen LogP contribution in [0.3, 0.4) is 0 Å². The summed E-state index contributed by atoms with van der Waals surface area (Å²) in [4.78, 5) is 14.3. The topological polar surface area (TPSA) is 95.0 Å². The van der Waals surface area contributed by atoms with E-state index in [9.17, 15) is 9.90 Å². The number of aromatic nitrogens is 4.